The second-order valence-corrected chi connectivity index (χ2v) is 6.35. The maximum Gasteiger partial charge on any atom is 0.0439 e. The fraction of sp³-hybridized carbons (Fsp3) is 0.500. The van der Waals surface area contributed by atoms with Crippen molar-refractivity contribution in [1.82, 2.24) is 0 Å². The molecule has 0 aliphatic heterocycles. The van der Waals surface area contributed by atoms with Gasteiger partial charge in [-0.15, -0.1) is 0 Å². The molecule has 0 heterocycles. The zero-order valence-electron chi connectivity index (χ0n) is 8.35. The van der Waals surface area contributed by atoms with E-state index in [1.54, 1.807) is 0 Å². The van der Waals surface area contributed by atoms with Crippen LogP contribution >= 0.6 is 39.1 Å². The van der Waals surface area contributed by atoms with E-state index >= 15 is 0 Å². The van der Waals surface area contributed by atoms with Crippen LogP contribution in [0, 0.1) is 5.92 Å². The zero-order valence-corrected chi connectivity index (χ0v) is 11.4. The van der Waals surface area contributed by atoms with E-state index in [1.165, 1.54) is 24.8 Å². The third-order valence-corrected chi connectivity index (χ3v) is 4.43. The first-order valence-corrected chi connectivity index (χ1v) is 6.90. The molecule has 1 saturated carbocycles. The lowest BCUT2D eigenvalue weighted by Crippen LogP contribution is -2.00. The molecule has 1 aliphatic rings. The summed E-state index contributed by atoms with van der Waals surface area (Å²) in [6, 6.07) is 5.72. The van der Waals surface area contributed by atoms with Crippen molar-refractivity contribution in [3.8, 4) is 0 Å². The Labute approximate surface area is 109 Å². The van der Waals surface area contributed by atoms with Gasteiger partial charge in [0.05, 0.1) is 0 Å². The molecule has 0 N–H and O–H groups in total. The summed E-state index contributed by atoms with van der Waals surface area (Å²) in [6.45, 7) is 0. The van der Waals surface area contributed by atoms with Crippen LogP contribution in [0.4, 0.5) is 0 Å². The Morgan fingerprint density at radius 3 is 2.73 bits per heavy atom. The third kappa shape index (κ3) is 3.12. The van der Waals surface area contributed by atoms with Crippen LogP contribution in [-0.2, 0) is 6.42 Å². The molecule has 1 aromatic rings. The number of alkyl halides is 1. The molecule has 0 spiro atoms. The highest BCUT2D eigenvalue weighted by Gasteiger charge is 2.23. The van der Waals surface area contributed by atoms with E-state index in [0.29, 0.717) is 4.83 Å². The summed E-state index contributed by atoms with van der Waals surface area (Å²) >= 11 is 15.8. The summed E-state index contributed by atoms with van der Waals surface area (Å²) in [4.78, 5) is 0.695. The Kier molecular flexibility index (Phi) is 3.98. The molecule has 3 heteroatoms. The normalized spacial score (nSPS) is 25.8. The summed E-state index contributed by atoms with van der Waals surface area (Å²) in [7, 11) is 0. The van der Waals surface area contributed by atoms with Gasteiger partial charge in [0.25, 0.3) is 0 Å². The van der Waals surface area contributed by atoms with Gasteiger partial charge in [0.15, 0.2) is 0 Å². The molecule has 1 aliphatic carbocycles. The van der Waals surface area contributed by atoms with Crippen molar-refractivity contribution in [1.29, 1.82) is 0 Å². The predicted molar refractivity (Wildman–Crippen MR) is 70.2 cm³/mol. The van der Waals surface area contributed by atoms with Gasteiger partial charge < -0.3 is 0 Å². The average Bonchev–Trinajstić information content (AvgIpc) is 2.58. The number of rotatable bonds is 2. The van der Waals surface area contributed by atoms with Crippen LogP contribution in [0.3, 0.4) is 0 Å². The van der Waals surface area contributed by atoms with Crippen molar-refractivity contribution in [2.45, 2.75) is 30.5 Å². The monoisotopic (exact) mass is 306 g/mol. The molecule has 0 saturated heterocycles. The first-order valence-electron chi connectivity index (χ1n) is 5.23. The predicted octanol–water partition coefficient (Wildman–Crippen LogP) is 5.10. The Morgan fingerprint density at radius 1 is 1.27 bits per heavy atom. The molecule has 2 rings (SSSR count). The standard InChI is InChI=1S/C12H13BrCl2/c13-10-2-1-8(6-10)5-9-7-11(14)3-4-12(9)15/h3-4,7-8,10H,1-2,5-6H2. The minimum Gasteiger partial charge on any atom is -0.0891 e. The topological polar surface area (TPSA) is 0 Å². The van der Waals surface area contributed by atoms with E-state index in [1.807, 2.05) is 18.2 Å². The summed E-state index contributed by atoms with van der Waals surface area (Å²) in [5.74, 6) is 0.755. The fourth-order valence-electron chi connectivity index (χ4n) is 2.21. The van der Waals surface area contributed by atoms with E-state index in [4.69, 9.17) is 23.2 Å². The molecule has 15 heavy (non-hydrogen) atoms. The Bertz CT molecular complexity index is 351. The number of halogens is 3. The summed E-state index contributed by atoms with van der Waals surface area (Å²) in [5.41, 5.74) is 1.19. The second kappa shape index (κ2) is 5.07. The molecule has 0 bridgehead atoms. The van der Waals surface area contributed by atoms with Gasteiger partial charge in [0.1, 0.15) is 0 Å². The van der Waals surface area contributed by atoms with Crippen molar-refractivity contribution in [3.63, 3.8) is 0 Å². The quantitative estimate of drug-likeness (QED) is 0.667. The first-order chi connectivity index (χ1) is 7.15. The molecule has 0 aromatic heterocycles. The molecule has 0 nitrogen and oxygen atoms in total. The van der Waals surface area contributed by atoms with E-state index in [0.717, 1.165) is 22.4 Å². The number of hydrogen-bond acceptors (Lipinski definition) is 0. The van der Waals surface area contributed by atoms with Gasteiger partial charge in [-0.3, -0.25) is 0 Å². The Hall–Kier alpha value is 0.280. The van der Waals surface area contributed by atoms with Gasteiger partial charge in [-0.2, -0.15) is 0 Å². The molecule has 2 unspecified atom stereocenters. The van der Waals surface area contributed by atoms with Crippen molar-refractivity contribution in [3.05, 3.63) is 33.8 Å². The summed E-state index contributed by atoms with van der Waals surface area (Å²) in [6.07, 6.45) is 4.88. The third-order valence-electron chi connectivity index (χ3n) is 2.99. The number of benzene rings is 1. The molecule has 1 fully saturated rings. The number of hydrogen-bond donors (Lipinski definition) is 0. The van der Waals surface area contributed by atoms with E-state index in [2.05, 4.69) is 15.9 Å². The SMILES string of the molecule is Clc1ccc(Cl)c(CC2CCC(Br)C2)c1. The van der Waals surface area contributed by atoms with Gasteiger partial charge in [-0.1, -0.05) is 39.1 Å². The van der Waals surface area contributed by atoms with Crippen molar-refractivity contribution in [2.24, 2.45) is 5.92 Å². The van der Waals surface area contributed by atoms with Gasteiger partial charge >= 0.3 is 0 Å². The van der Waals surface area contributed by atoms with Crippen molar-refractivity contribution in [2.75, 3.05) is 0 Å². The van der Waals surface area contributed by atoms with E-state index in [-0.39, 0.29) is 0 Å². The van der Waals surface area contributed by atoms with Gasteiger partial charge in [-0.25, -0.2) is 0 Å². The summed E-state index contributed by atoms with van der Waals surface area (Å²) < 4.78 is 0. The maximum atomic E-state index is 6.14. The lowest BCUT2D eigenvalue weighted by atomic mass is 9.98. The summed E-state index contributed by atoms with van der Waals surface area (Å²) in [5, 5.41) is 1.63. The molecule has 0 amide bonds. The molecular formula is C12H13BrCl2. The average molecular weight is 308 g/mol. The van der Waals surface area contributed by atoms with Crippen LogP contribution in [0.15, 0.2) is 18.2 Å². The lowest BCUT2D eigenvalue weighted by Gasteiger charge is -2.10. The van der Waals surface area contributed by atoms with Gasteiger partial charge in [-0.05, 0) is 55.4 Å². The van der Waals surface area contributed by atoms with Crippen LogP contribution in [0.2, 0.25) is 10.0 Å². The van der Waals surface area contributed by atoms with Gasteiger partial charge in [0.2, 0.25) is 0 Å². The highest BCUT2D eigenvalue weighted by Crippen LogP contribution is 2.34. The first kappa shape index (κ1) is 11.8. The van der Waals surface area contributed by atoms with E-state index in [9.17, 15) is 0 Å². The molecule has 2 atom stereocenters. The highest BCUT2D eigenvalue weighted by molar-refractivity contribution is 9.09. The lowest BCUT2D eigenvalue weighted by molar-refractivity contribution is 0.548. The van der Waals surface area contributed by atoms with Crippen molar-refractivity contribution >= 4 is 39.1 Å². The smallest absolute Gasteiger partial charge is 0.0439 e. The largest absolute Gasteiger partial charge is 0.0891 e. The molecule has 82 valence electrons. The molecule has 0 radical (unpaired) electrons. The van der Waals surface area contributed by atoms with Crippen LogP contribution in [0.1, 0.15) is 24.8 Å². The van der Waals surface area contributed by atoms with Crippen LogP contribution in [-0.4, -0.2) is 4.83 Å². The minimum absolute atomic E-state index is 0.695. The van der Waals surface area contributed by atoms with Crippen molar-refractivity contribution < 1.29 is 0 Å². The maximum absolute atomic E-state index is 6.14. The van der Waals surface area contributed by atoms with Crippen LogP contribution in [0.5, 0.6) is 0 Å². The Morgan fingerprint density at radius 2 is 2.07 bits per heavy atom. The fourth-order valence-corrected chi connectivity index (χ4v) is 3.39. The van der Waals surface area contributed by atoms with Crippen LogP contribution in [0.25, 0.3) is 0 Å². The highest BCUT2D eigenvalue weighted by atomic mass is 79.9. The second-order valence-electron chi connectivity index (χ2n) is 4.22. The molecule has 1 aromatic carbocycles. The van der Waals surface area contributed by atoms with Crippen LogP contribution < -0.4 is 0 Å². The van der Waals surface area contributed by atoms with Gasteiger partial charge in [0, 0.05) is 14.9 Å². The van der Waals surface area contributed by atoms with E-state index < -0.39 is 0 Å². The Balaban J connectivity index is 2.07. The minimum atomic E-state index is 0.695. The molecular weight excluding hydrogens is 295 g/mol. The zero-order chi connectivity index (χ0) is 10.8.